The lowest BCUT2D eigenvalue weighted by Gasteiger charge is -2.33. The van der Waals surface area contributed by atoms with Crippen LogP contribution in [-0.4, -0.2) is 21.7 Å². The highest BCUT2D eigenvalue weighted by molar-refractivity contribution is 7.85. The summed E-state index contributed by atoms with van der Waals surface area (Å²) < 4.78 is 91.2. The first-order chi connectivity index (χ1) is 11.4. The van der Waals surface area contributed by atoms with Crippen LogP contribution in [0.5, 0.6) is 0 Å². The maximum Gasteiger partial charge on any atom is 0.430 e. The molecule has 0 bridgehead atoms. The number of aryl methyl sites for hydroxylation is 1. The van der Waals surface area contributed by atoms with Crippen molar-refractivity contribution in [2.75, 3.05) is 0 Å². The van der Waals surface area contributed by atoms with Gasteiger partial charge in [0.25, 0.3) is 5.60 Å². The fraction of sp³-hybridized carbons (Fsp3) is 0.250. The van der Waals surface area contributed by atoms with E-state index in [2.05, 4.69) is 0 Å². The van der Waals surface area contributed by atoms with Crippen LogP contribution in [0.25, 0.3) is 0 Å². The molecular weight excluding hydrogens is 370 g/mol. The zero-order valence-corrected chi connectivity index (χ0v) is 13.5. The van der Waals surface area contributed by atoms with Gasteiger partial charge < -0.3 is 5.11 Å². The van der Waals surface area contributed by atoms with Gasteiger partial charge in [-0.3, -0.25) is 0 Å². The molecule has 2 aromatic carbocycles. The normalized spacial score (nSPS) is 14.4. The van der Waals surface area contributed by atoms with Gasteiger partial charge in [-0.05, 0) is 25.1 Å². The first-order valence-electron chi connectivity index (χ1n) is 6.83. The molecule has 25 heavy (non-hydrogen) atoms. The Morgan fingerprint density at radius 2 is 1.32 bits per heavy atom. The molecule has 0 spiro atoms. The van der Waals surface area contributed by atoms with Gasteiger partial charge in [0, 0.05) is 10.5 Å². The van der Waals surface area contributed by atoms with Gasteiger partial charge in [0.15, 0.2) is 0 Å². The van der Waals surface area contributed by atoms with Crippen molar-refractivity contribution in [3.8, 4) is 0 Å². The van der Waals surface area contributed by atoms with Crippen molar-refractivity contribution in [3.63, 3.8) is 0 Å². The summed E-state index contributed by atoms with van der Waals surface area (Å²) in [5.41, 5.74) is -5.86. The highest BCUT2D eigenvalue weighted by Gasteiger charge is 2.72. The van der Waals surface area contributed by atoms with Crippen LogP contribution < -0.4 is 0 Å². The highest BCUT2D eigenvalue weighted by Crippen LogP contribution is 2.51. The van der Waals surface area contributed by atoms with E-state index in [4.69, 9.17) is 0 Å². The maximum atomic E-state index is 13.1. The predicted molar refractivity (Wildman–Crippen MR) is 78.3 cm³/mol. The second kappa shape index (κ2) is 6.45. The Balaban J connectivity index is 2.68. The Morgan fingerprint density at radius 3 is 1.80 bits per heavy atom. The minimum atomic E-state index is -6.04. The summed E-state index contributed by atoms with van der Waals surface area (Å²) in [4.78, 5) is -0.742. The Hall–Kier alpha value is -1.87. The SMILES string of the molecule is Cc1ccc(S(=O)c2ccccc2C(O)(C(F)(F)F)C(F)(F)F)cc1. The molecule has 2 aromatic rings. The van der Waals surface area contributed by atoms with Crippen LogP contribution in [0, 0.1) is 6.92 Å². The molecule has 1 unspecified atom stereocenters. The minimum Gasteiger partial charge on any atom is -0.369 e. The van der Waals surface area contributed by atoms with Gasteiger partial charge in [0.05, 0.1) is 15.7 Å². The van der Waals surface area contributed by atoms with E-state index >= 15 is 0 Å². The van der Waals surface area contributed by atoms with Crippen molar-refractivity contribution in [3.05, 3.63) is 59.7 Å². The molecule has 0 saturated carbocycles. The van der Waals surface area contributed by atoms with Gasteiger partial charge in [0.1, 0.15) is 0 Å². The lowest BCUT2D eigenvalue weighted by molar-refractivity contribution is -0.377. The van der Waals surface area contributed by atoms with Crippen molar-refractivity contribution >= 4 is 10.8 Å². The fourth-order valence-electron chi connectivity index (χ4n) is 2.18. The average molecular weight is 382 g/mol. The lowest BCUT2D eigenvalue weighted by Crippen LogP contribution is -2.54. The van der Waals surface area contributed by atoms with E-state index in [0.29, 0.717) is 6.07 Å². The third-order valence-electron chi connectivity index (χ3n) is 3.53. The van der Waals surface area contributed by atoms with Crippen LogP contribution in [0.15, 0.2) is 58.3 Å². The number of alkyl halides is 6. The summed E-state index contributed by atoms with van der Waals surface area (Å²) in [6.07, 6.45) is -12.1. The summed E-state index contributed by atoms with van der Waals surface area (Å²) in [5.74, 6) is 0. The summed E-state index contributed by atoms with van der Waals surface area (Å²) in [6.45, 7) is 1.71. The van der Waals surface area contributed by atoms with Crippen LogP contribution in [0.3, 0.4) is 0 Å². The summed E-state index contributed by atoms with van der Waals surface area (Å²) in [5, 5.41) is 9.59. The smallest absolute Gasteiger partial charge is 0.369 e. The van der Waals surface area contributed by atoms with Gasteiger partial charge in [-0.1, -0.05) is 35.9 Å². The molecule has 0 fully saturated rings. The summed E-state index contributed by atoms with van der Waals surface area (Å²) >= 11 is 0. The zero-order chi connectivity index (χ0) is 19.0. The predicted octanol–water partition coefficient (Wildman–Crippen LogP) is 4.47. The van der Waals surface area contributed by atoms with Gasteiger partial charge in [-0.25, -0.2) is 4.21 Å². The van der Waals surface area contributed by atoms with Crippen molar-refractivity contribution in [2.24, 2.45) is 0 Å². The topological polar surface area (TPSA) is 37.3 Å². The van der Waals surface area contributed by atoms with Crippen molar-refractivity contribution in [1.29, 1.82) is 0 Å². The van der Waals surface area contributed by atoms with Gasteiger partial charge in [-0.2, -0.15) is 26.3 Å². The Bertz CT molecular complexity index is 766. The van der Waals surface area contributed by atoms with Gasteiger partial charge in [0.2, 0.25) is 0 Å². The number of hydrogen-bond acceptors (Lipinski definition) is 2. The molecule has 136 valence electrons. The fourth-order valence-corrected chi connectivity index (χ4v) is 3.44. The highest BCUT2D eigenvalue weighted by atomic mass is 32.2. The quantitative estimate of drug-likeness (QED) is 0.796. The van der Waals surface area contributed by atoms with E-state index in [9.17, 15) is 35.7 Å². The monoisotopic (exact) mass is 382 g/mol. The molecular formula is C16H12F6O2S. The van der Waals surface area contributed by atoms with Crippen LogP contribution in [0.2, 0.25) is 0 Å². The second-order valence-corrected chi connectivity index (χ2v) is 6.73. The van der Waals surface area contributed by atoms with Crippen molar-refractivity contribution < 1.29 is 35.7 Å². The van der Waals surface area contributed by atoms with Crippen LogP contribution >= 0.6 is 0 Å². The number of halogens is 6. The van der Waals surface area contributed by atoms with E-state index in [-0.39, 0.29) is 4.90 Å². The second-order valence-electron chi connectivity index (χ2n) is 5.28. The molecule has 0 heterocycles. The zero-order valence-electron chi connectivity index (χ0n) is 12.7. The van der Waals surface area contributed by atoms with E-state index in [1.54, 1.807) is 6.92 Å². The molecule has 9 heteroatoms. The molecule has 0 radical (unpaired) electrons. The van der Waals surface area contributed by atoms with E-state index in [0.717, 1.165) is 23.8 Å². The third-order valence-corrected chi connectivity index (χ3v) is 4.99. The molecule has 0 aromatic heterocycles. The first-order valence-corrected chi connectivity index (χ1v) is 7.98. The minimum absolute atomic E-state index is 0.0183. The van der Waals surface area contributed by atoms with E-state index in [1.165, 1.54) is 24.3 Å². The number of hydrogen-bond donors (Lipinski definition) is 1. The average Bonchev–Trinajstić information content (AvgIpc) is 2.52. The van der Waals surface area contributed by atoms with Gasteiger partial charge >= 0.3 is 12.4 Å². The molecule has 1 N–H and O–H groups in total. The summed E-state index contributed by atoms with van der Waals surface area (Å²) in [6, 6.07) is 9.12. The van der Waals surface area contributed by atoms with Crippen LogP contribution in [0.1, 0.15) is 11.1 Å². The lowest BCUT2D eigenvalue weighted by atomic mass is 9.92. The molecule has 0 amide bonds. The van der Waals surface area contributed by atoms with Crippen LogP contribution in [0.4, 0.5) is 26.3 Å². The van der Waals surface area contributed by atoms with Gasteiger partial charge in [-0.15, -0.1) is 0 Å². The molecule has 0 aliphatic rings. The molecule has 0 saturated heterocycles. The van der Waals surface area contributed by atoms with Crippen molar-refractivity contribution in [1.82, 2.24) is 0 Å². The van der Waals surface area contributed by atoms with Crippen LogP contribution in [-0.2, 0) is 16.4 Å². The standard InChI is InChI=1S/C16H12F6O2S/c1-10-6-8-11(9-7-10)25(24)13-5-3-2-4-12(13)14(23,15(17,18)19)16(20,21)22/h2-9,23H,1H3. The molecule has 2 nitrogen and oxygen atoms in total. The largest absolute Gasteiger partial charge is 0.430 e. The Labute approximate surface area is 141 Å². The maximum absolute atomic E-state index is 13.1. The Kier molecular flexibility index (Phi) is 5.02. The van der Waals surface area contributed by atoms with E-state index < -0.39 is 39.2 Å². The molecule has 1 atom stereocenters. The molecule has 0 aliphatic carbocycles. The first kappa shape index (κ1) is 19.5. The third kappa shape index (κ3) is 3.43. The van der Waals surface area contributed by atoms with E-state index in [1.807, 2.05) is 0 Å². The number of benzene rings is 2. The number of rotatable bonds is 3. The number of aliphatic hydroxyl groups is 1. The van der Waals surface area contributed by atoms with Crippen molar-refractivity contribution in [2.45, 2.75) is 34.7 Å². The Morgan fingerprint density at radius 1 is 0.840 bits per heavy atom. The molecule has 2 rings (SSSR count). The summed E-state index contributed by atoms with van der Waals surface area (Å²) in [7, 11) is -2.34. The molecule has 0 aliphatic heterocycles.